The van der Waals surface area contributed by atoms with Gasteiger partial charge < -0.3 is 16.4 Å². The molecule has 4 rings (SSSR count). The first-order valence-electron chi connectivity index (χ1n) is 9.04. The third-order valence-corrected chi connectivity index (χ3v) is 5.07. The van der Waals surface area contributed by atoms with Gasteiger partial charge in [-0.2, -0.15) is 13.2 Å². The number of primary amides is 1. The van der Waals surface area contributed by atoms with Crippen molar-refractivity contribution in [3.63, 3.8) is 0 Å². The molecule has 0 spiro atoms. The molecule has 2 heterocycles. The Morgan fingerprint density at radius 3 is 2.38 bits per heavy atom. The monoisotopic (exact) mass is 401 g/mol. The molecule has 1 aromatic heterocycles. The Kier molecular flexibility index (Phi) is 4.83. The molecule has 0 saturated carbocycles. The Bertz CT molecular complexity index is 1050. The second-order valence-corrected chi connectivity index (χ2v) is 6.94. The summed E-state index contributed by atoms with van der Waals surface area (Å²) in [5.74, 6) is -0.271. The standard InChI is InChI=1S/C20H18F3N5O/c21-20(22,23)12-7-5-11(6-8-12)17-13-3-1-2-4-14(13)19(28-27-17)26-16-10-25-9-15(16)18(24)29/h1-8,15-16,25H,9-10H2,(H2,24,29)(H,26,28)/t15-,16-/m1/s1. The van der Waals surface area contributed by atoms with Gasteiger partial charge in [-0.05, 0) is 12.1 Å². The van der Waals surface area contributed by atoms with Gasteiger partial charge in [-0.15, -0.1) is 10.2 Å². The number of hydrogen-bond acceptors (Lipinski definition) is 5. The summed E-state index contributed by atoms with van der Waals surface area (Å²) in [6.45, 7) is 1.05. The van der Waals surface area contributed by atoms with Crippen molar-refractivity contribution >= 4 is 22.5 Å². The van der Waals surface area contributed by atoms with Crippen LogP contribution < -0.4 is 16.4 Å². The van der Waals surface area contributed by atoms with Crippen LogP contribution in [-0.4, -0.2) is 35.2 Å². The molecule has 1 amide bonds. The first-order chi connectivity index (χ1) is 13.8. The third-order valence-electron chi connectivity index (χ3n) is 5.07. The van der Waals surface area contributed by atoms with Gasteiger partial charge in [0.25, 0.3) is 0 Å². The Balaban J connectivity index is 1.71. The Labute approximate surface area is 164 Å². The first-order valence-corrected chi connectivity index (χ1v) is 9.04. The molecule has 1 aliphatic rings. The van der Waals surface area contributed by atoms with E-state index >= 15 is 0 Å². The van der Waals surface area contributed by atoms with Gasteiger partial charge in [-0.1, -0.05) is 36.4 Å². The van der Waals surface area contributed by atoms with Gasteiger partial charge in [0.05, 0.1) is 17.5 Å². The lowest BCUT2D eigenvalue weighted by Crippen LogP contribution is -2.37. The van der Waals surface area contributed by atoms with Crippen LogP contribution in [0.25, 0.3) is 22.0 Å². The molecule has 2 aromatic carbocycles. The molecule has 150 valence electrons. The van der Waals surface area contributed by atoms with Crippen LogP contribution in [0.1, 0.15) is 5.56 Å². The van der Waals surface area contributed by atoms with E-state index in [2.05, 4.69) is 20.8 Å². The minimum Gasteiger partial charge on any atom is -0.369 e. The largest absolute Gasteiger partial charge is 0.416 e. The number of fused-ring (bicyclic) bond motifs is 1. The van der Waals surface area contributed by atoms with Crippen molar-refractivity contribution in [2.75, 3.05) is 18.4 Å². The number of hydrogen-bond donors (Lipinski definition) is 3. The van der Waals surface area contributed by atoms with E-state index in [1.165, 1.54) is 12.1 Å². The third kappa shape index (κ3) is 3.73. The molecule has 1 fully saturated rings. The Morgan fingerprint density at radius 2 is 1.72 bits per heavy atom. The highest BCUT2D eigenvalue weighted by molar-refractivity contribution is 6.00. The summed E-state index contributed by atoms with van der Waals surface area (Å²) in [6, 6.07) is 11.9. The molecule has 9 heteroatoms. The number of nitrogens with one attached hydrogen (secondary N) is 2. The van der Waals surface area contributed by atoms with Gasteiger partial charge in [0.2, 0.25) is 5.91 Å². The lowest BCUT2D eigenvalue weighted by atomic mass is 10.0. The fourth-order valence-electron chi connectivity index (χ4n) is 3.55. The van der Waals surface area contributed by atoms with Gasteiger partial charge in [-0.25, -0.2) is 0 Å². The van der Waals surface area contributed by atoms with E-state index < -0.39 is 17.6 Å². The van der Waals surface area contributed by atoms with Gasteiger partial charge in [0, 0.05) is 29.4 Å². The van der Waals surface area contributed by atoms with Gasteiger partial charge in [0.15, 0.2) is 5.82 Å². The van der Waals surface area contributed by atoms with Crippen LogP contribution >= 0.6 is 0 Å². The van der Waals surface area contributed by atoms with Gasteiger partial charge in [0.1, 0.15) is 5.69 Å². The van der Waals surface area contributed by atoms with Crippen molar-refractivity contribution in [2.45, 2.75) is 12.2 Å². The van der Waals surface area contributed by atoms with Crippen LogP contribution in [0.4, 0.5) is 19.0 Å². The summed E-state index contributed by atoms with van der Waals surface area (Å²) < 4.78 is 38.5. The maximum Gasteiger partial charge on any atom is 0.416 e. The fraction of sp³-hybridized carbons (Fsp3) is 0.250. The molecule has 0 bridgehead atoms. The summed E-state index contributed by atoms with van der Waals surface area (Å²) in [6.07, 6.45) is -4.40. The first kappa shape index (κ1) is 19.1. The molecule has 29 heavy (non-hydrogen) atoms. The number of nitrogens with two attached hydrogens (primary N) is 1. The average Bonchev–Trinajstić information content (AvgIpc) is 3.16. The highest BCUT2D eigenvalue weighted by atomic mass is 19.4. The SMILES string of the molecule is NC(=O)[C@@H]1CNC[C@H]1Nc1nnc(-c2ccc(C(F)(F)F)cc2)c2ccccc12. The topological polar surface area (TPSA) is 92.9 Å². The predicted molar refractivity (Wildman–Crippen MR) is 103 cm³/mol. The Morgan fingerprint density at radius 1 is 1.03 bits per heavy atom. The van der Waals surface area contributed by atoms with Crippen LogP contribution in [0.5, 0.6) is 0 Å². The number of alkyl halides is 3. The lowest BCUT2D eigenvalue weighted by molar-refractivity contribution is -0.137. The summed E-state index contributed by atoms with van der Waals surface area (Å²) in [5, 5.41) is 16.4. The molecule has 0 unspecified atom stereocenters. The van der Waals surface area contributed by atoms with Gasteiger partial charge >= 0.3 is 6.18 Å². The van der Waals surface area contributed by atoms with Crippen LogP contribution in [0.2, 0.25) is 0 Å². The molecule has 6 nitrogen and oxygen atoms in total. The zero-order chi connectivity index (χ0) is 20.6. The number of aromatic nitrogens is 2. The van der Waals surface area contributed by atoms with Crippen molar-refractivity contribution in [1.82, 2.24) is 15.5 Å². The number of benzene rings is 2. The van der Waals surface area contributed by atoms with Crippen molar-refractivity contribution in [3.05, 3.63) is 54.1 Å². The number of anilines is 1. The van der Waals surface area contributed by atoms with Crippen molar-refractivity contribution in [1.29, 1.82) is 0 Å². The smallest absolute Gasteiger partial charge is 0.369 e. The molecular weight excluding hydrogens is 383 g/mol. The van der Waals surface area contributed by atoms with Crippen molar-refractivity contribution in [3.8, 4) is 11.3 Å². The maximum absolute atomic E-state index is 12.8. The summed E-state index contributed by atoms with van der Waals surface area (Å²) in [4.78, 5) is 11.6. The van der Waals surface area contributed by atoms with Crippen LogP contribution in [0, 0.1) is 5.92 Å². The van der Waals surface area contributed by atoms with E-state index in [4.69, 9.17) is 5.73 Å². The minimum absolute atomic E-state index is 0.220. The molecule has 1 saturated heterocycles. The zero-order valence-electron chi connectivity index (χ0n) is 15.2. The minimum atomic E-state index is -4.40. The average molecular weight is 401 g/mol. The Hall–Kier alpha value is -3.20. The van der Waals surface area contributed by atoms with E-state index in [-0.39, 0.29) is 12.0 Å². The molecule has 4 N–H and O–H groups in total. The second kappa shape index (κ2) is 7.32. The van der Waals surface area contributed by atoms with E-state index in [0.717, 1.165) is 22.9 Å². The number of carbonyl (C=O) groups is 1. The maximum atomic E-state index is 12.8. The molecular formula is C20H18F3N5O. The summed E-state index contributed by atoms with van der Waals surface area (Å²) in [5.41, 5.74) is 5.76. The second-order valence-electron chi connectivity index (χ2n) is 6.94. The number of rotatable bonds is 4. The number of nitrogens with zero attached hydrogens (tertiary/aromatic N) is 2. The highest BCUT2D eigenvalue weighted by Gasteiger charge is 2.32. The quantitative estimate of drug-likeness (QED) is 0.625. The van der Waals surface area contributed by atoms with Crippen molar-refractivity contribution in [2.24, 2.45) is 11.7 Å². The summed E-state index contributed by atoms with van der Waals surface area (Å²) >= 11 is 0. The van der Waals surface area contributed by atoms with Crippen LogP contribution in [0.15, 0.2) is 48.5 Å². The molecule has 0 radical (unpaired) electrons. The van der Waals surface area contributed by atoms with Crippen molar-refractivity contribution < 1.29 is 18.0 Å². The molecule has 0 aliphatic carbocycles. The normalized spacial score (nSPS) is 19.4. The van der Waals surface area contributed by atoms with E-state index in [1.54, 1.807) is 0 Å². The van der Waals surface area contributed by atoms with E-state index in [1.807, 2.05) is 24.3 Å². The van der Waals surface area contributed by atoms with E-state index in [0.29, 0.717) is 30.2 Å². The van der Waals surface area contributed by atoms with Crippen LogP contribution in [0.3, 0.4) is 0 Å². The highest BCUT2D eigenvalue weighted by Crippen LogP contribution is 2.33. The lowest BCUT2D eigenvalue weighted by Gasteiger charge is -2.19. The van der Waals surface area contributed by atoms with E-state index in [9.17, 15) is 18.0 Å². The summed E-state index contributed by atoms with van der Waals surface area (Å²) in [7, 11) is 0. The van der Waals surface area contributed by atoms with Crippen LogP contribution in [-0.2, 0) is 11.0 Å². The number of carbonyl (C=O) groups excluding carboxylic acids is 1. The molecule has 2 atom stereocenters. The van der Waals surface area contributed by atoms with Gasteiger partial charge in [-0.3, -0.25) is 4.79 Å². The predicted octanol–water partition coefficient (Wildman–Crippen LogP) is 2.80. The number of amides is 1. The zero-order valence-corrected chi connectivity index (χ0v) is 15.2. The molecule has 3 aromatic rings. The molecule has 1 aliphatic heterocycles. The fourth-order valence-corrected chi connectivity index (χ4v) is 3.55. The number of halogens is 3.